The Balaban J connectivity index is 2.32. The first kappa shape index (κ1) is 14.8. The molecule has 1 N–H and O–H groups in total. The highest BCUT2D eigenvalue weighted by molar-refractivity contribution is 7.99. The molecule has 1 fully saturated rings. The summed E-state index contributed by atoms with van der Waals surface area (Å²) in [4.78, 5) is 11.1. The zero-order valence-corrected chi connectivity index (χ0v) is 11.9. The zero-order valence-electron chi connectivity index (χ0n) is 11.0. The second-order valence-electron chi connectivity index (χ2n) is 4.54. The van der Waals surface area contributed by atoms with E-state index in [1.165, 1.54) is 39.2 Å². The standard InChI is InChI=1S/C13H25NO2S/c1-3-14-11-7-5-4-6-8-12(11)17-10-9-13(15)16-2/h11-12,14H,3-10H2,1-2H3. The number of nitrogens with one attached hydrogen (secondary N) is 1. The van der Waals surface area contributed by atoms with Crippen molar-refractivity contribution in [3.05, 3.63) is 0 Å². The van der Waals surface area contributed by atoms with E-state index in [4.69, 9.17) is 0 Å². The fourth-order valence-corrected chi connectivity index (χ4v) is 3.75. The van der Waals surface area contributed by atoms with Crippen LogP contribution in [0.2, 0.25) is 0 Å². The molecule has 0 aromatic carbocycles. The highest BCUT2D eigenvalue weighted by atomic mass is 32.2. The molecule has 0 aromatic heterocycles. The smallest absolute Gasteiger partial charge is 0.306 e. The molecule has 0 saturated heterocycles. The number of rotatable bonds is 6. The molecule has 0 bridgehead atoms. The Hall–Kier alpha value is -0.220. The summed E-state index contributed by atoms with van der Waals surface area (Å²) in [5.41, 5.74) is 0. The summed E-state index contributed by atoms with van der Waals surface area (Å²) >= 11 is 1.94. The van der Waals surface area contributed by atoms with E-state index in [0.717, 1.165) is 12.3 Å². The van der Waals surface area contributed by atoms with Gasteiger partial charge >= 0.3 is 5.97 Å². The van der Waals surface area contributed by atoms with Gasteiger partial charge in [0.05, 0.1) is 13.5 Å². The SMILES string of the molecule is CCNC1CCCCCC1SCCC(=O)OC. The van der Waals surface area contributed by atoms with E-state index in [0.29, 0.717) is 17.7 Å². The molecule has 0 aromatic rings. The third-order valence-corrected chi connectivity index (χ3v) is 4.72. The molecule has 2 atom stereocenters. The predicted molar refractivity (Wildman–Crippen MR) is 73.4 cm³/mol. The number of carbonyl (C=O) groups excluding carboxylic acids is 1. The van der Waals surface area contributed by atoms with Gasteiger partial charge in [-0.05, 0) is 19.4 Å². The van der Waals surface area contributed by atoms with Crippen LogP contribution in [0.15, 0.2) is 0 Å². The molecule has 0 radical (unpaired) electrons. The van der Waals surface area contributed by atoms with E-state index in [9.17, 15) is 4.79 Å². The lowest BCUT2D eigenvalue weighted by Crippen LogP contribution is -2.37. The molecule has 1 rings (SSSR count). The molecule has 0 heterocycles. The van der Waals surface area contributed by atoms with Crippen LogP contribution in [-0.2, 0) is 9.53 Å². The number of esters is 1. The van der Waals surface area contributed by atoms with Crippen LogP contribution in [-0.4, -0.2) is 36.7 Å². The Labute approximate surface area is 109 Å². The maximum atomic E-state index is 11.1. The fraction of sp³-hybridized carbons (Fsp3) is 0.923. The molecule has 2 unspecified atom stereocenters. The minimum Gasteiger partial charge on any atom is -0.469 e. The van der Waals surface area contributed by atoms with Gasteiger partial charge in [0.15, 0.2) is 0 Å². The Bertz CT molecular complexity index is 223. The van der Waals surface area contributed by atoms with Crippen molar-refractivity contribution in [3.63, 3.8) is 0 Å². The van der Waals surface area contributed by atoms with Crippen LogP contribution in [0.1, 0.15) is 45.4 Å². The average molecular weight is 259 g/mol. The third kappa shape index (κ3) is 5.77. The van der Waals surface area contributed by atoms with Gasteiger partial charge in [0.2, 0.25) is 0 Å². The van der Waals surface area contributed by atoms with E-state index in [2.05, 4.69) is 17.0 Å². The molecule has 0 aliphatic heterocycles. The van der Waals surface area contributed by atoms with Crippen LogP contribution < -0.4 is 5.32 Å². The number of thioether (sulfide) groups is 1. The minimum absolute atomic E-state index is 0.0916. The number of carbonyl (C=O) groups is 1. The van der Waals surface area contributed by atoms with Crippen molar-refractivity contribution >= 4 is 17.7 Å². The van der Waals surface area contributed by atoms with Crippen LogP contribution in [0.5, 0.6) is 0 Å². The van der Waals surface area contributed by atoms with Crippen molar-refractivity contribution < 1.29 is 9.53 Å². The third-order valence-electron chi connectivity index (χ3n) is 3.28. The van der Waals surface area contributed by atoms with Gasteiger partial charge in [-0.15, -0.1) is 0 Å². The van der Waals surface area contributed by atoms with Crippen molar-refractivity contribution in [3.8, 4) is 0 Å². The lowest BCUT2D eigenvalue weighted by atomic mass is 10.1. The first-order valence-electron chi connectivity index (χ1n) is 6.69. The van der Waals surface area contributed by atoms with Crippen molar-refractivity contribution in [2.24, 2.45) is 0 Å². The fourth-order valence-electron chi connectivity index (χ4n) is 2.36. The lowest BCUT2D eigenvalue weighted by Gasteiger charge is -2.25. The second kappa shape index (κ2) is 8.81. The van der Waals surface area contributed by atoms with E-state index >= 15 is 0 Å². The van der Waals surface area contributed by atoms with Crippen LogP contribution >= 0.6 is 11.8 Å². The summed E-state index contributed by atoms with van der Waals surface area (Å²) in [6.07, 6.45) is 7.13. The summed E-state index contributed by atoms with van der Waals surface area (Å²) in [7, 11) is 1.46. The van der Waals surface area contributed by atoms with Crippen LogP contribution in [0.3, 0.4) is 0 Å². The van der Waals surface area contributed by atoms with E-state index in [1.807, 2.05) is 11.8 Å². The maximum absolute atomic E-state index is 11.1. The van der Waals surface area contributed by atoms with Gasteiger partial charge in [0.1, 0.15) is 0 Å². The summed E-state index contributed by atoms with van der Waals surface area (Å²) in [5, 5.41) is 4.26. The topological polar surface area (TPSA) is 38.3 Å². The zero-order chi connectivity index (χ0) is 12.5. The van der Waals surface area contributed by atoms with Gasteiger partial charge in [-0.1, -0.05) is 26.2 Å². The van der Waals surface area contributed by atoms with Gasteiger partial charge in [-0.2, -0.15) is 11.8 Å². The van der Waals surface area contributed by atoms with Gasteiger partial charge in [0.25, 0.3) is 0 Å². The number of ether oxygens (including phenoxy) is 1. The molecule has 100 valence electrons. The molecule has 4 heteroatoms. The van der Waals surface area contributed by atoms with Gasteiger partial charge in [-0.3, -0.25) is 4.79 Å². The Morgan fingerprint density at radius 2 is 2.12 bits per heavy atom. The Morgan fingerprint density at radius 1 is 1.35 bits per heavy atom. The van der Waals surface area contributed by atoms with E-state index in [1.54, 1.807) is 0 Å². The predicted octanol–water partition coefficient (Wildman–Crippen LogP) is 2.59. The van der Waals surface area contributed by atoms with Crippen molar-refractivity contribution in [2.45, 2.75) is 56.7 Å². The highest BCUT2D eigenvalue weighted by Gasteiger charge is 2.23. The van der Waals surface area contributed by atoms with Gasteiger partial charge in [-0.25, -0.2) is 0 Å². The van der Waals surface area contributed by atoms with Crippen LogP contribution in [0, 0.1) is 0 Å². The summed E-state index contributed by atoms with van der Waals surface area (Å²) in [6, 6.07) is 0.630. The number of hydrogen-bond donors (Lipinski definition) is 1. The quantitative estimate of drug-likeness (QED) is 0.588. The Morgan fingerprint density at radius 3 is 2.82 bits per heavy atom. The molecular formula is C13H25NO2S. The van der Waals surface area contributed by atoms with Crippen LogP contribution in [0.4, 0.5) is 0 Å². The van der Waals surface area contributed by atoms with E-state index in [-0.39, 0.29) is 5.97 Å². The Kier molecular flexibility index (Phi) is 7.69. The highest BCUT2D eigenvalue weighted by Crippen LogP contribution is 2.28. The second-order valence-corrected chi connectivity index (χ2v) is 5.88. The van der Waals surface area contributed by atoms with Gasteiger partial charge in [0, 0.05) is 17.0 Å². The summed E-state index contributed by atoms with van der Waals surface area (Å²) < 4.78 is 4.67. The van der Waals surface area contributed by atoms with E-state index < -0.39 is 0 Å². The minimum atomic E-state index is -0.0916. The first-order chi connectivity index (χ1) is 8.27. The van der Waals surface area contributed by atoms with Gasteiger partial charge < -0.3 is 10.1 Å². The first-order valence-corrected chi connectivity index (χ1v) is 7.74. The summed E-state index contributed by atoms with van der Waals surface area (Å²) in [5.74, 6) is 0.797. The normalized spacial score (nSPS) is 25.3. The molecule has 0 amide bonds. The molecule has 1 saturated carbocycles. The molecule has 17 heavy (non-hydrogen) atoms. The molecular weight excluding hydrogens is 234 g/mol. The lowest BCUT2D eigenvalue weighted by molar-refractivity contribution is -0.140. The summed E-state index contributed by atoms with van der Waals surface area (Å²) in [6.45, 7) is 3.21. The van der Waals surface area contributed by atoms with Crippen molar-refractivity contribution in [1.82, 2.24) is 5.32 Å². The molecule has 3 nitrogen and oxygen atoms in total. The van der Waals surface area contributed by atoms with Crippen molar-refractivity contribution in [1.29, 1.82) is 0 Å². The number of methoxy groups -OCH3 is 1. The molecule has 0 spiro atoms. The molecule has 1 aliphatic carbocycles. The monoisotopic (exact) mass is 259 g/mol. The maximum Gasteiger partial charge on any atom is 0.306 e. The van der Waals surface area contributed by atoms with Crippen LogP contribution in [0.25, 0.3) is 0 Å². The van der Waals surface area contributed by atoms with Crippen molar-refractivity contribution in [2.75, 3.05) is 19.4 Å². The number of hydrogen-bond acceptors (Lipinski definition) is 4. The largest absolute Gasteiger partial charge is 0.469 e. The average Bonchev–Trinajstić information content (AvgIpc) is 2.55. The molecule has 1 aliphatic rings.